The standard InChI is InChI=1S/C29H38N4O3/c1-29(2,3)36-28(34)32-18-14-21(15-19-32)27-24-13-12-22(23-10-7-8-11-26(23)35-6)20-25(24)30-33(27)17-9-16-31(4)5/h7-8,10-14,20H,9,15-19H2,1-6H3. The van der Waals surface area contributed by atoms with Gasteiger partial charge in [0.2, 0.25) is 0 Å². The summed E-state index contributed by atoms with van der Waals surface area (Å²) in [7, 11) is 5.88. The zero-order chi connectivity index (χ0) is 25.9. The van der Waals surface area contributed by atoms with Gasteiger partial charge in [-0.25, -0.2) is 4.79 Å². The zero-order valence-corrected chi connectivity index (χ0v) is 22.4. The number of hydrogen-bond donors (Lipinski definition) is 0. The Balaban J connectivity index is 1.68. The van der Waals surface area contributed by atoms with Gasteiger partial charge in [-0.15, -0.1) is 0 Å². The third kappa shape index (κ3) is 5.90. The average Bonchev–Trinajstić information content (AvgIpc) is 3.20. The molecule has 2 aromatic carbocycles. The van der Waals surface area contributed by atoms with E-state index in [0.29, 0.717) is 13.1 Å². The molecule has 1 aromatic heterocycles. The monoisotopic (exact) mass is 490 g/mol. The number of aromatic nitrogens is 2. The summed E-state index contributed by atoms with van der Waals surface area (Å²) < 4.78 is 13.3. The Morgan fingerprint density at radius 3 is 2.58 bits per heavy atom. The van der Waals surface area contributed by atoms with E-state index >= 15 is 0 Å². The van der Waals surface area contributed by atoms with Crippen LogP contribution in [-0.2, 0) is 11.3 Å². The minimum absolute atomic E-state index is 0.261. The van der Waals surface area contributed by atoms with Crippen LogP contribution >= 0.6 is 0 Å². The summed E-state index contributed by atoms with van der Waals surface area (Å²) in [6.07, 6.45) is 3.66. The van der Waals surface area contributed by atoms with Gasteiger partial charge >= 0.3 is 6.09 Å². The maximum atomic E-state index is 12.6. The molecule has 0 bridgehead atoms. The Labute approximate surface area is 214 Å². The van der Waals surface area contributed by atoms with E-state index in [4.69, 9.17) is 14.6 Å². The van der Waals surface area contributed by atoms with Crippen LogP contribution < -0.4 is 4.74 Å². The number of methoxy groups -OCH3 is 1. The first-order chi connectivity index (χ1) is 17.2. The highest BCUT2D eigenvalue weighted by atomic mass is 16.6. The maximum Gasteiger partial charge on any atom is 0.410 e. The second kappa shape index (κ2) is 10.7. The number of aryl methyl sites for hydroxylation is 1. The van der Waals surface area contributed by atoms with E-state index in [0.717, 1.165) is 59.4 Å². The summed E-state index contributed by atoms with van der Waals surface area (Å²) in [5.74, 6) is 0.847. The molecule has 2 heterocycles. The summed E-state index contributed by atoms with van der Waals surface area (Å²) in [5, 5.41) is 6.17. The van der Waals surface area contributed by atoms with Gasteiger partial charge in [0.1, 0.15) is 11.4 Å². The summed E-state index contributed by atoms with van der Waals surface area (Å²) in [6.45, 7) is 8.68. The number of nitrogens with zero attached hydrogens (tertiary/aromatic N) is 4. The van der Waals surface area contributed by atoms with Gasteiger partial charge in [-0.2, -0.15) is 5.10 Å². The lowest BCUT2D eigenvalue weighted by molar-refractivity contribution is 0.0270. The lowest BCUT2D eigenvalue weighted by Gasteiger charge is -2.29. The van der Waals surface area contributed by atoms with Gasteiger partial charge in [0.05, 0.1) is 18.3 Å². The summed E-state index contributed by atoms with van der Waals surface area (Å²) in [5.41, 5.74) is 4.98. The predicted molar refractivity (Wildman–Crippen MR) is 145 cm³/mol. The number of carbonyl (C=O) groups excluding carboxylic acids is 1. The fourth-order valence-corrected chi connectivity index (χ4v) is 4.60. The number of carbonyl (C=O) groups is 1. The number of rotatable bonds is 7. The second-order valence-electron chi connectivity index (χ2n) is 10.6. The van der Waals surface area contributed by atoms with Crippen LogP contribution in [0.2, 0.25) is 0 Å². The molecule has 0 atom stereocenters. The Morgan fingerprint density at radius 2 is 1.92 bits per heavy atom. The maximum absolute atomic E-state index is 12.6. The van der Waals surface area contributed by atoms with Crippen LogP contribution in [0.15, 0.2) is 48.5 Å². The lowest BCUT2D eigenvalue weighted by Crippen LogP contribution is -2.39. The molecular weight excluding hydrogens is 452 g/mol. The Kier molecular flexibility index (Phi) is 7.69. The largest absolute Gasteiger partial charge is 0.496 e. The SMILES string of the molecule is COc1ccccc1-c1ccc2c(C3=CCN(C(=O)OC(C)(C)C)CC3)n(CCCN(C)C)nc2c1. The van der Waals surface area contributed by atoms with Crippen molar-refractivity contribution < 1.29 is 14.3 Å². The first-order valence-electron chi connectivity index (χ1n) is 12.6. The van der Waals surface area contributed by atoms with Gasteiger partial charge in [0, 0.05) is 30.6 Å². The molecule has 0 radical (unpaired) electrons. The fourth-order valence-electron chi connectivity index (χ4n) is 4.60. The highest BCUT2D eigenvalue weighted by Crippen LogP contribution is 2.35. The van der Waals surface area contributed by atoms with Gasteiger partial charge in [-0.3, -0.25) is 4.68 Å². The first kappa shape index (κ1) is 25.8. The van der Waals surface area contributed by atoms with Crippen molar-refractivity contribution >= 4 is 22.6 Å². The third-order valence-electron chi connectivity index (χ3n) is 6.30. The number of hydrogen-bond acceptors (Lipinski definition) is 5. The smallest absolute Gasteiger partial charge is 0.410 e. The van der Waals surface area contributed by atoms with Crippen molar-refractivity contribution in [2.24, 2.45) is 0 Å². The Morgan fingerprint density at radius 1 is 1.14 bits per heavy atom. The van der Waals surface area contributed by atoms with Gasteiger partial charge < -0.3 is 19.3 Å². The van der Waals surface area contributed by atoms with Crippen molar-refractivity contribution in [3.63, 3.8) is 0 Å². The lowest BCUT2D eigenvalue weighted by atomic mass is 9.98. The van der Waals surface area contributed by atoms with E-state index in [1.54, 1.807) is 12.0 Å². The number of ether oxygens (including phenoxy) is 2. The summed E-state index contributed by atoms with van der Waals surface area (Å²) in [4.78, 5) is 16.5. The molecule has 0 fully saturated rings. The van der Waals surface area contributed by atoms with Gasteiger partial charge in [0.25, 0.3) is 0 Å². The molecule has 1 aliphatic heterocycles. The molecule has 1 amide bonds. The van der Waals surface area contributed by atoms with Gasteiger partial charge in [-0.1, -0.05) is 30.3 Å². The molecule has 0 aliphatic carbocycles. The van der Waals surface area contributed by atoms with Crippen molar-refractivity contribution in [2.45, 2.75) is 45.8 Å². The highest BCUT2D eigenvalue weighted by Gasteiger charge is 2.26. The summed E-state index contributed by atoms with van der Waals surface area (Å²) in [6, 6.07) is 14.5. The van der Waals surface area contributed by atoms with E-state index in [1.165, 1.54) is 5.57 Å². The Bertz CT molecular complexity index is 1250. The van der Waals surface area contributed by atoms with Crippen LogP contribution in [-0.4, -0.2) is 72.1 Å². The van der Waals surface area contributed by atoms with Crippen LogP contribution in [0.4, 0.5) is 4.79 Å². The number of benzene rings is 2. The van der Waals surface area contributed by atoms with Crippen molar-refractivity contribution in [1.29, 1.82) is 0 Å². The molecule has 7 nitrogen and oxygen atoms in total. The topological polar surface area (TPSA) is 59.8 Å². The van der Waals surface area contributed by atoms with Crippen LogP contribution in [0, 0.1) is 0 Å². The van der Waals surface area contributed by atoms with E-state index in [9.17, 15) is 4.79 Å². The van der Waals surface area contributed by atoms with E-state index in [2.05, 4.69) is 54.0 Å². The minimum atomic E-state index is -0.499. The number of fused-ring (bicyclic) bond motifs is 1. The first-order valence-corrected chi connectivity index (χ1v) is 12.6. The van der Waals surface area contributed by atoms with E-state index in [1.807, 2.05) is 39.0 Å². The number of para-hydroxylation sites is 1. The normalized spacial score (nSPS) is 14.3. The van der Waals surface area contributed by atoms with Crippen molar-refractivity contribution in [3.8, 4) is 16.9 Å². The zero-order valence-electron chi connectivity index (χ0n) is 22.4. The Hall–Kier alpha value is -3.32. The van der Waals surface area contributed by atoms with E-state index in [-0.39, 0.29) is 6.09 Å². The quantitative estimate of drug-likeness (QED) is 0.426. The third-order valence-corrected chi connectivity index (χ3v) is 6.30. The summed E-state index contributed by atoms with van der Waals surface area (Å²) >= 11 is 0. The predicted octanol–water partition coefficient (Wildman–Crippen LogP) is 5.69. The molecule has 192 valence electrons. The molecule has 7 heteroatoms. The highest BCUT2D eigenvalue weighted by molar-refractivity contribution is 5.94. The molecule has 0 spiro atoms. The van der Waals surface area contributed by atoms with Crippen LogP contribution in [0.5, 0.6) is 5.75 Å². The molecule has 0 unspecified atom stereocenters. The van der Waals surface area contributed by atoms with Crippen molar-refractivity contribution in [1.82, 2.24) is 19.6 Å². The molecule has 36 heavy (non-hydrogen) atoms. The molecule has 0 N–H and O–H groups in total. The van der Waals surface area contributed by atoms with Crippen molar-refractivity contribution in [3.05, 3.63) is 54.2 Å². The molecule has 0 saturated heterocycles. The molecule has 1 aliphatic rings. The minimum Gasteiger partial charge on any atom is -0.496 e. The van der Waals surface area contributed by atoms with Gasteiger partial charge in [0.15, 0.2) is 0 Å². The van der Waals surface area contributed by atoms with Crippen LogP contribution in [0.1, 0.15) is 39.3 Å². The van der Waals surface area contributed by atoms with E-state index < -0.39 is 5.60 Å². The number of amides is 1. The molecule has 0 saturated carbocycles. The second-order valence-corrected chi connectivity index (χ2v) is 10.6. The van der Waals surface area contributed by atoms with Crippen LogP contribution in [0.3, 0.4) is 0 Å². The molecule has 3 aromatic rings. The van der Waals surface area contributed by atoms with Gasteiger partial charge in [-0.05, 0) is 83.6 Å². The van der Waals surface area contributed by atoms with Crippen molar-refractivity contribution in [2.75, 3.05) is 40.8 Å². The molecular formula is C29H38N4O3. The van der Waals surface area contributed by atoms with Crippen LogP contribution in [0.25, 0.3) is 27.6 Å². The fraction of sp³-hybridized carbons (Fsp3) is 0.448. The molecule has 4 rings (SSSR count). The average molecular weight is 491 g/mol.